The number of likely N-dealkylation sites (tertiary alicyclic amines) is 1. The van der Waals surface area contributed by atoms with E-state index in [1.165, 1.54) is 6.26 Å². The molecule has 5 heteroatoms. The molecule has 2 rings (SSSR count). The normalized spacial score (nSPS) is 21.5. The predicted octanol–water partition coefficient (Wildman–Crippen LogP) is 1.65. The average molecular weight is 282 g/mol. The first-order valence-electron chi connectivity index (χ1n) is 6.75. The maximum atomic E-state index is 11.4. The van der Waals surface area contributed by atoms with Crippen LogP contribution in [0, 0.1) is 12.8 Å². The van der Waals surface area contributed by atoms with Crippen LogP contribution < -0.4 is 0 Å². The van der Waals surface area contributed by atoms with Crippen LogP contribution in [0.1, 0.15) is 24.2 Å². The molecule has 1 aliphatic heterocycles. The molecule has 1 atom stereocenters. The number of sulfone groups is 1. The third-order valence-corrected chi connectivity index (χ3v) is 4.55. The third kappa shape index (κ3) is 4.91. The van der Waals surface area contributed by atoms with Crippen molar-refractivity contribution in [2.75, 3.05) is 25.1 Å². The molecule has 0 unspecified atom stereocenters. The Morgan fingerprint density at radius 1 is 1.42 bits per heavy atom. The summed E-state index contributed by atoms with van der Waals surface area (Å²) in [6, 6.07) is 6.05. The van der Waals surface area contributed by atoms with Crippen LogP contribution in [0.5, 0.6) is 0 Å². The fourth-order valence-electron chi connectivity index (χ4n) is 2.78. The third-order valence-electron chi connectivity index (χ3n) is 3.47. The van der Waals surface area contributed by atoms with Gasteiger partial charge in [0.2, 0.25) is 0 Å². The molecule has 0 bridgehead atoms. The highest BCUT2D eigenvalue weighted by Gasteiger charge is 2.23. The molecule has 1 aliphatic rings. The van der Waals surface area contributed by atoms with Gasteiger partial charge in [-0.3, -0.25) is 9.88 Å². The first-order chi connectivity index (χ1) is 8.92. The lowest BCUT2D eigenvalue weighted by atomic mass is 10.00. The van der Waals surface area contributed by atoms with Gasteiger partial charge in [0.15, 0.2) is 0 Å². The van der Waals surface area contributed by atoms with Gasteiger partial charge in [0, 0.05) is 25.0 Å². The summed E-state index contributed by atoms with van der Waals surface area (Å²) in [5.74, 6) is 0.582. The first kappa shape index (κ1) is 14.5. The maximum Gasteiger partial charge on any atom is 0.147 e. The first-order valence-corrected chi connectivity index (χ1v) is 8.81. The minimum absolute atomic E-state index is 0.272. The van der Waals surface area contributed by atoms with E-state index in [-0.39, 0.29) is 5.92 Å². The summed E-state index contributed by atoms with van der Waals surface area (Å²) in [4.78, 5) is 6.83. The standard InChI is InChI=1S/C14H22N2O2S/c1-12-5-3-7-14(15-12)10-16-8-4-6-13(9-16)11-19(2,17)18/h3,5,7,13H,4,6,8-11H2,1-2H3/t13-/m1/s1. The van der Waals surface area contributed by atoms with E-state index in [0.29, 0.717) is 5.75 Å². The Hall–Kier alpha value is -0.940. The fourth-order valence-corrected chi connectivity index (χ4v) is 3.90. The van der Waals surface area contributed by atoms with Crippen molar-refractivity contribution in [3.05, 3.63) is 29.6 Å². The summed E-state index contributed by atoms with van der Waals surface area (Å²) in [6.45, 7) is 4.71. The minimum atomic E-state index is -2.87. The van der Waals surface area contributed by atoms with Crippen molar-refractivity contribution >= 4 is 9.84 Å². The number of piperidine rings is 1. The molecule has 0 spiro atoms. The van der Waals surface area contributed by atoms with Crippen molar-refractivity contribution in [3.8, 4) is 0 Å². The Balaban J connectivity index is 1.94. The van der Waals surface area contributed by atoms with E-state index >= 15 is 0 Å². The van der Waals surface area contributed by atoms with E-state index in [0.717, 1.165) is 43.9 Å². The molecule has 106 valence electrons. The molecule has 2 heterocycles. The maximum absolute atomic E-state index is 11.4. The van der Waals surface area contributed by atoms with Crippen LogP contribution in [0.25, 0.3) is 0 Å². The number of pyridine rings is 1. The summed E-state index contributed by atoms with van der Waals surface area (Å²) in [5.41, 5.74) is 2.10. The van der Waals surface area contributed by atoms with Crippen molar-refractivity contribution in [2.45, 2.75) is 26.3 Å². The number of hydrogen-bond donors (Lipinski definition) is 0. The zero-order valence-electron chi connectivity index (χ0n) is 11.7. The van der Waals surface area contributed by atoms with Crippen LogP contribution in [-0.2, 0) is 16.4 Å². The van der Waals surface area contributed by atoms with E-state index in [2.05, 4.69) is 9.88 Å². The van der Waals surface area contributed by atoms with Crippen LogP contribution in [0.4, 0.5) is 0 Å². The van der Waals surface area contributed by atoms with Gasteiger partial charge in [-0.15, -0.1) is 0 Å². The number of aromatic nitrogens is 1. The molecule has 0 radical (unpaired) electrons. The molecule has 0 aliphatic carbocycles. The average Bonchev–Trinajstić information content (AvgIpc) is 2.27. The molecule has 0 aromatic carbocycles. The fraction of sp³-hybridized carbons (Fsp3) is 0.643. The summed E-state index contributed by atoms with van der Waals surface area (Å²) in [7, 11) is -2.87. The largest absolute Gasteiger partial charge is 0.297 e. The predicted molar refractivity (Wildman–Crippen MR) is 76.7 cm³/mol. The quantitative estimate of drug-likeness (QED) is 0.842. The van der Waals surface area contributed by atoms with Crippen molar-refractivity contribution in [2.24, 2.45) is 5.92 Å². The summed E-state index contributed by atoms with van der Waals surface area (Å²) < 4.78 is 22.8. The molecule has 1 aromatic heterocycles. The second kappa shape index (κ2) is 6.01. The molecule has 19 heavy (non-hydrogen) atoms. The van der Waals surface area contributed by atoms with Gasteiger partial charge in [0.05, 0.1) is 11.4 Å². The molecule has 1 fully saturated rings. The second-order valence-corrected chi connectivity index (χ2v) is 7.79. The molecular formula is C14H22N2O2S. The summed E-state index contributed by atoms with van der Waals surface area (Å²) >= 11 is 0. The van der Waals surface area contributed by atoms with Gasteiger partial charge in [-0.05, 0) is 44.4 Å². The highest BCUT2D eigenvalue weighted by Crippen LogP contribution is 2.19. The van der Waals surface area contributed by atoms with Crippen molar-refractivity contribution < 1.29 is 8.42 Å². The molecule has 0 N–H and O–H groups in total. The SMILES string of the molecule is Cc1cccc(CN2CCC[C@@H](CS(C)(=O)=O)C2)n1. The Labute approximate surface area is 115 Å². The summed E-state index contributed by atoms with van der Waals surface area (Å²) in [6.07, 6.45) is 3.42. The van der Waals surface area contributed by atoms with Gasteiger partial charge >= 0.3 is 0 Å². The van der Waals surface area contributed by atoms with E-state index < -0.39 is 9.84 Å². The molecular weight excluding hydrogens is 260 g/mol. The van der Waals surface area contributed by atoms with Gasteiger partial charge in [-0.2, -0.15) is 0 Å². The van der Waals surface area contributed by atoms with Crippen LogP contribution in [0.3, 0.4) is 0 Å². The lowest BCUT2D eigenvalue weighted by molar-refractivity contribution is 0.176. The number of aryl methyl sites for hydroxylation is 1. The highest BCUT2D eigenvalue weighted by atomic mass is 32.2. The molecule has 4 nitrogen and oxygen atoms in total. The Kier molecular flexibility index (Phi) is 4.58. The zero-order chi connectivity index (χ0) is 13.9. The van der Waals surface area contributed by atoms with Gasteiger partial charge in [-0.25, -0.2) is 8.42 Å². The molecule has 0 saturated carbocycles. The number of nitrogens with zero attached hydrogens (tertiary/aromatic N) is 2. The van der Waals surface area contributed by atoms with Crippen LogP contribution in [0.2, 0.25) is 0 Å². The molecule has 1 aromatic rings. The summed E-state index contributed by atoms with van der Waals surface area (Å²) in [5, 5.41) is 0. The minimum Gasteiger partial charge on any atom is -0.297 e. The van der Waals surface area contributed by atoms with E-state index in [9.17, 15) is 8.42 Å². The zero-order valence-corrected chi connectivity index (χ0v) is 12.5. The van der Waals surface area contributed by atoms with Crippen LogP contribution in [-0.4, -0.2) is 43.4 Å². The Morgan fingerprint density at radius 3 is 2.89 bits per heavy atom. The molecule has 1 saturated heterocycles. The number of rotatable bonds is 4. The van der Waals surface area contributed by atoms with E-state index in [1.54, 1.807) is 0 Å². The monoisotopic (exact) mass is 282 g/mol. The van der Waals surface area contributed by atoms with Crippen molar-refractivity contribution in [3.63, 3.8) is 0 Å². The van der Waals surface area contributed by atoms with Crippen LogP contribution >= 0.6 is 0 Å². The van der Waals surface area contributed by atoms with E-state index in [1.807, 2.05) is 25.1 Å². The number of hydrogen-bond acceptors (Lipinski definition) is 4. The van der Waals surface area contributed by atoms with Crippen LogP contribution in [0.15, 0.2) is 18.2 Å². The lowest BCUT2D eigenvalue weighted by Crippen LogP contribution is -2.37. The van der Waals surface area contributed by atoms with Crippen molar-refractivity contribution in [1.29, 1.82) is 0 Å². The molecule has 0 amide bonds. The van der Waals surface area contributed by atoms with Gasteiger partial charge < -0.3 is 0 Å². The Bertz CT molecular complexity index is 528. The topological polar surface area (TPSA) is 50.3 Å². The van der Waals surface area contributed by atoms with E-state index in [4.69, 9.17) is 0 Å². The van der Waals surface area contributed by atoms with Gasteiger partial charge in [0.25, 0.3) is 0 Å². The smallest absolute Gasteiger partial charge is 0.147 e. The Morgan fingerprint density at radius 2 is 2.21 bits per heavy atom. The lowest BCUT2D eigenvalue weighted by Gasteiger charge is -2.32. The van der Waals surface area contributed by atoms with Gasteiger partial charge in [-0.1, -0.05) is 6.07 Å². The van der Waals surface area contributed by atoms with Gasteiger partial charge in [0.1, 0.15) is 9.84 Å². The highest BCUT2D eigenvalue weighted by molar-refractivity contribution is 7.90. The second-order valence-electron chi connectivity index (χ2n) is 5.61. The van der Waals surface area contributed by atoms with Crippen molar-refractivity contribution in [1.82, 2.24) is 9.88 Å².